The van der Waals surface area contributed by atoms with Crippen LogP contribution in [0.15, 0.2) is 30.3 Å². The number of hydrogen-bond donors (Lipinski definition) is 1. The monoisotopic (exact) mass is 341 g/mol. The van der Waals surface area contributed by atoms with Crippen LogP contribution >= 0.6 is 34.5 Å². The first-order valence-electron chi connectivity index (χ1n) is 7.28. The Kier molecular flexibility index (Phi) is 6.12. The first-order chi connectivity index (χ1) is 10.0. The second-order valence-electron chi connectivity index (χ2n) is 5.49. The fourth-order valence-corrected chi connectivity index (χ4v) is 3.98. The zero-order valence-corrected chi connectivity index (χ0v) is 14.9. The van der Waals surface area contributed by atoms with Gasteiger partial charge in [-0.05, 0) is 36.1 Å². The third kappa shape index (κ3) is 4.46. The SMILES string of the molecule is CCNC(Cc1ccc(C(C)C)cc1)c1cc(Cl)sc1Cl. The van der Waals surface area contributed by atoms with Gasteiger partial charge in [0, 0.05) is 11.6 Å². The molecule has 0 saturated carbocycles. The Morgan fingerprint density at radius 1 is 1.14 bits per heavy atom. The molecular weight excluding hydrogens is 321 g/mol. The quantitative estimate of drug-likeness (QED) is 0.672. The molecule has 0 amide bonds. The van der Waals surface area contributed by atoms with Crippen molar-refractivity contribution < 1.29 is 0 Å². The molecule has 0 radical (unpaired) electrons. The summed E-state index contributed by atoms with van der Waals surface area (Å²) in [6.45, 7) is 7.43. The summed E-state index contributed by atoms with van der Waals surface area (Å²) >= 11 is 13.8. The van der Waals surface area contributed by atoms with Gasteiger partial charge in [0.1, 0.15) is 0 Å². The second-order valence-corrected chi connectivity index (χ2v) is 7.78. The van der Waals surface area contributed by atoms with E-state index in [0.717, 1.165) is 27.2 Å². The molecule has 114 valence electrons. The predicted octanol–water partition coefficient (Wildman–Crippen LogP) is 6.07. The first kappa shape index (κ1) is 16.8. The molecule has 1 aromatic carbocycles. The summed E-state index contributed by atoms with van der Waals surface area (Å²) in [4.78, 5) is 0. The summed E-state index contributed by atoms with van der Waals surface area (Å²) < 4.78 is 1.53. The van der Waals surface area contributed by atoms with Crippen LogP contribution < -0.4 is 5.32 Å². The molecule has 1 unspecified atom stereocenters. The molecule has 0 aliphatic carbocycles. The number of halogens is 2. The Hall–Kier alpha value is -0.540. The largest absolute Gasteiger partial charge is 0.310 e. The van der Waals surface area contributed by atoms with E-state index in [1.807, 2.05) is 6.07 Å². The maximum absolute atomic E-state index is 6.30. The van der Waals surface area contributed by atoms with Crippen molar-refractivity contribution in [2.24, 2.45) is 0 Å². The van der Waals surface area contributed by atoms with Crippen molar-refractivity contribution in [3.63, 3.8) is 0 Å². The average molecular weight is 342 g/mol. The molecule has 4 heteroatoms. The highest BCUT2D eigenvalue weighted by molar-refractivity contribution is 7.20. The van der Waals surface area contributed by atoms with Gasteiger partial charge in [0.05, 0.1) is 8.67 Å². The van der Waals surface area contributed by atoms with E-state index in [1.165, 1.54) is 22.5 Å². The van der Waals surface area contributed by atoms with Crippen molar-refractivity contribution in [1.29, 1.82) is 0 Å². The van der Waals surface area contributed by atoms with Crippen molar-refractivity contribution in [3.05, 3.63) is 55.7 Å². The van der Waals surface area contributed by atoms with Crippen molar-refractivity contribution in [1.82, 2.24) is 5.32 Å². The Morgan fingerprint density at radius 2 is 1.81 bits per heavy atom. The zero-order valence-electron chi connectivity index (χ0n) is 12.6. The van der Waals surface area contributed by atoms with Gasteiger partial charge in [-0.25, -0.2) is 0 Å². The lowest BCUT2D eigenvalue weighted by Gasteiger charge is -2.18. The van der Waals surface area contributed by atoms with Gasteiger partial charge in [0.25, 0.3) is 0 Å². The topological polar surface area (TPSA) is 12.0 Å². The van der Waals surface area contributed by atoms with Gasteiger partial charge in [-0.3, -0.25) is 0 Å². The normalized spacial score (nSPS) is 12.9. The van der Waals surface area contributed by atoms with Crippen LogP contribution in [0, 0.1) is 0 Å². The van der Waals surface area contributed by atoms with Crippen LogP contribution in [0.25, 0.3) is 0 Å². The molecule has 1 atom stereocenters. The number of nitrogens with one attached hydrogen (secondary N) is 1. The second kappa shape index (κ2) is 7.64. The van der Waals surface area contributed by atoms with Crippen LogP contribution in [-0.4, -0.2) is 6.54 Å². The summed E-state index contributed by atoms with van der Waals surface area (Å²) in [5.74, 6) is 0.564. The maximum Gasteiger partial charge on any atom is 0.0992 e. The summed E-state index contributed by atoms with van der Waals surface area (Å²) in [6, 6.07) is 11.0. The highest BCUT2D eigenvalue weighted by atomic mass is 35.5. The Balaban J connectivity index is 2.18. The molecule has 1 N–H and O–H groups in total. The van der Waals surface area contributed by atoms with Gasteiger partial charge in [-0.15, -0.1) is 11.3 Å². The van der Waals surface area contributed by atoms with Gasteiger partial charge in [-0.1, -0.05) is 68.2 Å². The third-order valence-electron chi connectivity index (χ3n) is 3.60. The number of thiophene rings is 1. The lowest BCUT2D eigenvalue weighted by Crippen LogP contribution is -2.22. The Morgan fingerprint density at radius 3 is 2.29 bits per heavy atom. The molecule has 0 aliphatic rings. The summed E-state index contributed by atoms with van der Waals surface area (Å²) in [6.07, 6.45) is 0.916. The molecule has 0 aliphatic heterocycles. The van der Waals surface area contributed by atoms with Crippen LogP contribution in [0.4, 0.5) is 0 Å². The minimum absolute atomic E-state index is 0.205. The molecular formula is C17H21Cl2NS. The van der Waals surface area contributed by atoms with Crippen LogP contribution in [0.1, 0.15) is 49.4 Å². The average Bonchev–Trinajstić information content (AvgIpc) is 2.78. The van der Waals surface area contributed by atoms with Crippen molar-refractivity contribution in [2.45, 2.75) is 39.2 Å². The zero-order chi connectivity index (χ0) is 15.4. The van der Waals surface area contributed by atoms with Gasteiger partial charge in [-0.2, -0.15) is 0 Å². The maximum atomic E-state index is 6.30. The van der Waals surface area contributed by atoms with Crippen molar-refractivity contribution >= 4 is 34.5 Å². The van der Waals surface area contributed by atoms with Gasteiger partial charge in [0.15, 0.2) is 0 Å². The Bertz CT molecular complexity index is 575. The van der Waals surface area contributed by atoms with Gasteiger partial charge >= 0.3 is 0 Å². The molecule has 0 bridgehead atoms. The van der Waals surface area contributed by atoms with E-state index in [2.05, 4.69) is 50.4 Å². The summed E-state index contributed by atoms with van der Waals surface area (Å²) in [5, 5.41) is 3.50. The predicted molar refractivity (Wildman–Crippen MR) is 95.0 cm³/mol. The van der Waals surface area contributed by atoms with E-state index in [9.17, 15) is 0 Å². The van der Waals surface area contributed by atoms with E-state index < -0.39 is 0 Å². The number of likely N-dealkylation sites (N-methyl/N-ethyl adjacent to an activating group) is 1. The number of hydrogen-bond acceptors (Lipinski definition) is 2. The lowest BCUT2D eigenvalue weighted by molar-refractivity contribution is 0.551. The first-order valence-corrected chi connectivity index (χ1v) is 8.85. The van der Waals surface area contributed by atoms with Gasteiger partial charge < -0.3 is 5.32 Å². The molecule has 0 fully saturated rings. The minimum Gasteiger partial charge on any atom is -0.310 e. The molecule has 2 rings (SSSR count). The van der Waals surface area contributed by atoms with Crippen LogP contribution in [0.3, 0.4) is 0 Å². The Labute approximate surface area is 141 Å². The van der Waals surface area contributed by atoms with E-state index in [-0.39, 0.29) is 6.04 Å². The lowest BCUT2D eigenvalue weighted by atomic mass is 9.97. The number of benzene rings is 1. The van der Waals surface area contributed by atoms with Crippen LogP contribution in [-0.2, 0) is 6.42 Å². The van der Waals surface area contributed by atoms with E-state index >= 15 is 0 Å². The van der Waals surface area contributed by atoms with Crippen molar-refractivity contribution in [3.8, 4) is 0 Å². The van der Waals surface area contributed by atoms with Crippen molar-refractivity contribution in [2.75, 3.05) is 6.54 Å². The molecule has 2 aromatic rings. The molecule has 1 aromatic heterocycles. The molecule has 1 heterocycles. The highest BCUT2D eigenvalue weighted by Crippen LogP contribution is 2.36. The third-order valence-corrected chi connectivity index (χ3v) is 5.11. The molecule has 1 nitrogen and oxygen atoms in total. The molecule has 21 heavy (non-hydrogen) atoms. The minimum atomic E-state index is 0.205. The summed E-state index contributed by atoms with van der Waals surface area (Å²) in [7, 11) is 0. The molecule has 0 spiro atoms. The fourth-order valence-electron chi connectivity index (χ4n) is 2.40. The highest BCUT2D eigenvalue weighted by Gasteiger charge is 2.17. The smallest absolute Gasteiger partial charge is 0.0992 e. The number of rotatable bonds is 6. The molecule has 0 saturated heterocycles. The van der Waals surface area contributed by atoms with E-state index in [0.29, 0.717) is 5.92 Å². The van der Waals surface area contributed by atoms with E-state index in [1.54, 1.807) is 0 Å². The van der Waals surface area contributed by atoms with Crippen LogP contribution in [0.2, 0.25) is 8.67 Å². The van der Waals surface area contributed by atoms with Crippen LogP contribution in [0.5, 0.6) is 0 Å². The van der Waals surface area contributed by atoms with E-state index in [4.69, 9.17) is 23.2 Å². The standard InChI is InChI=1S/C17H21Cl2NS/c1-4-20-15(14-10-16(18)21-17(14)19)9-12-5-7-13(8-6-12)11(2)3/h5-8,10-11,15,20H,4,9H2,1-3H3. The fraction of sp³-hybridized carbons (Fsp3) is 0.412. The summed E-state index contributed by atoms with van der Waals surface area (Å²) in [5.41, 5.74) is 3.78. The van der Waals surface area contributed by atoms with Gasteiger partial charge in [0.2, 0.25) is 0 Å².